The zero-order valence-corrected chi connectivity index (χ0v) is 19.1. The van der Waals surface area contributed by atoms with Gasteiger partial charge in [-0.3, -0.25) is 4.79 Å². The number of Topliss-reactive ketones (excluding diaryl/α,β-unsaturated/α-hetero) is 1. The Kier molecular flexibility index (Phi) is 5.84. The van der Waals surface area contributed by atoms with Crippen molar-refractivity contribution in [1.29, 1.82) is 0 Å². The van der Waals surface area contributed by atoms with Crippen LogP contribution in [0.3, 0.4) is 0 Å². The Balaban J connectivity index is 1.45. The molecule has 2 aromatic rings. The van der Waals surface area contributed by atoms with E-state index in [9.17, 15) is 22.8 Å². The fourth-order valence-electron chi connectivity index (χ4n) is 3.97. The standard InChI is InChI=1S/C26H24F3NO4/c1-24(2,3)34-23(32)30-14-12-25(13-15-30)22(31)20-16-18(8-11-21(20)33-25)5-4-17-6-9-19(10-7-17)26(27,28)29/h6-11,16H,12-15H2,1-3H3. The van der Waals surface area contributed by atoms with E-state index in [-0.39, 0.29) is 5.78 Å². The first kappa shape index (κ1) is 23.7. The molecule has 0 unspecified atom stereocenters. The van der Waals surface area contributed by atoms with Crippen LogP contribution >= 0.6 is 0 Å². The molecule has 0 aromatic heterocycles. The van der Waals surface area contributed by atoms with Crippen molar-refractivity contribution in [2.24, 2.45) is 0 Å². The second-order valence-corrected chi connectivity index (χ2v) is 9.43. The van der Waals surface area contributed by atoms with Crippen molar-refractivity contribution in [3.05, 3.63) is 64.7 Å². The molecule has 178 valence electrons. The summed E-state index contributed by atoms with van der Waals surface area (Å²) in [6.07, 6.45) is -4.10. The lowest BCUT2D eigenvalue weighted by Gasteiger charge is -2.37. The van der Waals surface area contributed by atoms with E-state index < -0.39 is 29.0 Å². The van der Waals surface area contributed by atoms with Gasteiger partial charge in [-0.05, 0) is 63.2 Å². The number of carbonyl (C=O) groups excluding carboxylic acids is 2. The number of alkyl halides is 3. The van der Waals surface area contributed by atoms with Crippen LogP contribution in [0.1, 0.15) is 60.7 Å². The van der Waals surface area contributed by atoms with Crippen LogP contribution in [0.25, 0.3) is 0 Å². The van der Waals surface area contributed by atoms with Crippen LogP contribution in [0.4, 0.5) is 18.0 Å². The normalized spacial score (nSPS) is 17.0. The summed E-state index contributed by atoms with van der Waals surface area (Å²) < 4.78 is 49.6. The topological polar surface area (TPSA) is 55.8 Å². The van der Waals surface area contributed by atoms with E-state index in [0.29, 0.717) is 48.4 Å². The number of rotatable bonds is 0. The van der Waals surface area contributed by atoms with Crippen LogP contribution in [0, 0.1) is 11.8 Å². The number of benzene rings is 2. The summed E-state index contributed by atoms with van der Waals surface area (Å²) in [6.45, 7) is 6.09. The molecule has 2 aliphatic heterocycles. The largest absolute Gasteiger partial charge is 0.478 e. The molecular formula is C26H24F3NO4. The fourth-order valence-corrected chi connectivity index (χ4v) is 3.97. The minimum atomic E-state index is -4.40. The van der Waals surface area contributed by atoms with E-state index in [1.807, 2.05) is 0 Å². The summed E-state index contributed by atoms with van der Waals surface area (Å²) in [4.78, 5) is 27.1. The second-order valence-electron chi connectivity index (χ2n) is 9.43. The maximum Gasteiger partial charge on any atom is 0.416 e. The van der Waals surface area contributed by atoms with Crippen LogP contribution < -0.4 is 4.74 Å². The number of carbonyl (C=O) groups is 2. The van der Waals surface area contributed by atoms with Crippen molar-refractivity contribution < 1.29 is 32.2 Å². The highest BCUT2D eigenvalue weighted by Gasteiger charge is 2.50. The van der Waals surface area contributed by atoms with Gasteiger partial charge in [0.05, 0.1) is 11.1 Å². The molecule has 2 aromatic carbocycles. The first-order valence-electron chi connectivity index (χ1n) is 10.9. The van der Waals surface area contributed by atoms with Gasteiger partial charge in [0.2, 0.25) is 5.78 Å². The summed E-state index contributed by atoms with van der Waals surface area (Å²) in [7, 11) is 0. The van der Waals surface area contributed by atoms with Gasteiger partial charge in [0.25, 0.3) is 0 Å². The lowest BCUT2D eigenvalue weighted by Crippen LogP contribution is -2.52. The van der Waals surface area contributed by atoms with E-state index in [1.54, 1.807) is 43.9 Å². The molecule has 5 nitrogen and oxygen atoms in total. The minimum absolute atomic E-state index is 0.149. The van der Waals surface area contributed by atoms with Gasteiger partial charge in [-0.2, -0.15) is 13.2 Å². The predicted molar refractivity (Wildman–Crippen MR) is 119 cm³/mol. The first-order chi connectivity index (χ1) is 15.9. The van der Waals surface area contributed by atoms with Crippen LogP contribution in [-0.2, 0) is 10.9 Å². The number of ketones is 1. The number of likely N-dealkylation sites (tertiary alicyclic amines) is 1. The van der Waals surface area contributed by atoms with Gasteiger partial charge in [-0.1, -0.05) is 11.8 Å². The number of ether oxygens (including phenoxy) is 2. The molecule has 34 heavy (non-hydrogen) atoms. The molecule has 1 spiro atoms. The van der Waals surface area contributed by atoms with Crippen LogP contribution in [0.5, 0.6) is 5.75 Å². The molecule has 0 atom stereocenters. The zero-order chi connectivity index (χ0) is 24.7. The minimum Gasteiger partial charge on any atom is -0.478 e. The smallest absolute Gasteiger partial charge is 0.416 e. The van der Waals surface area contributed by atoms with Gasteiger partial charge in [0.15, 0.2) is 5.60 Å². The Morgan fingerprint density at radius 1 is 1.00 bits per heavy atom. The van der Waals surface area contributed by atoms with E-state index in [4.69, 9.17) is 9.47 Å². The number of halogens is 3. The van der Waals surface area contributed by atoms with Gasteiger partial charge >= 0.3 is 12.3 Å². The average Bonchev–Trinajstić information content (AvgIpc) is 3.02. The molecule has 8 heteroatoms. The molecule has 2 aliphatic rings. The Bertz CT molecular complexity index is 1180. The molecule has 0 radical (unpaired) electrons. The van der Waals surface area contributed by atoms with E-state index >= 15 is 0 Å². The Morgan fingerprint density at radius 3 is 2.18 bits per heavy atom. The number of hydrogen-bond donors (Lipinski definition) is 0. The summed E-state index contributed by atoms with van der Waals surface area (Å²) in [5.74, 6) is 6.04. The quantitative estimate of drug-likeness (QED) is 0.480. The summed E-state index contributed by atoms with van der Waals surface area (Å²) >= 11 is 0. The number of fused-ring (bicyclic) bond motifs is 1. The third kappa shape index (κ3) is 4.89. The van der Waals surface area contributed by atoms with E-state index in [0.717, 1.165) is 12.1 Å². The van der Waals surface area contributed by atoms with Gasteiger partial charge in [0, 0.05) is 37.1 Å². The Labute approximate surface area is 195 Å². The van der Waals surface area contributed by atoms with Gasteiger partial charge < -0.3 is 14.4 Å². The highest BCUT2D eigenvalue weighted by molar-refractivity contribution is 6.08. The maximum atomic E-state index is 13.2. The van der Waals surface area contributed by atoms with Crippen LogP contribution in [-0.4, -0.2) is 41.1 Å². The SMILES string of the molecule is CC(C)(C)OC(=O)N1CCC2(CC1)Oc1ccc(C#Cc3ccc(C(F)(F)F)cc3)cc1C2=O. The van der Waals surface area contributed by atoms with Gasteiger partial charge in [0.1, 0.15) is 11.4 Å². The summed E-state index contributed by atoms with van der Waals surface area (Å²) in [5, 5.41) is 0. The second kappa shape index (κ2) is 8.39. The van der Waals surface area contributed by atoms with Gasteiger partial charge in [-0.15, -0.1) is 0 Å². The molecule has 1 amide bonds. The van der Waals surface area contributed by atoms with Crippen molar-refractivity contribution in [3.8, 4) is 17.6 Å². The molecule has 4 rings (SSSR count). The predicted octanol–water partition coefficient (Wildman–Crippen LogP) is 5.45. The fraction of sp³-hybridized carbons (Fsp3) is 0.385. The van der Waals surface area contributed by atoms with Crippen molar-refractivity contribution in [3.63, 3.8) is 0 Å². The molecule has 0 bridgehead atoms. The number of amides is 1. The summed E-state index contributed by atoms with van der Waals surface area (Å²) in [5.41, 5.74) is -0.938. The Hall–Kier alpha value is -3.47. The molecule has 1 fully saturated rings. The van der Waals surface area contributed by atoms with Crippen molar-refractivity contribution >= 4 is 11.9 Å². The number of hydrogen-bond acceptors (Lipinski definition) is 4. The van der Waals surface area contributed by atoms with Crippen LogP contribution in [0.2, 0.25) is 0 Å². The number of piperidine rings is 1. The lowest BCUT2D eigenvalue weighted by molar-refractivity contribution is -0.137. The average molecular weight is 471 g/mol. The highest BCUT2D eigenvalue weighted by Crippen LogP contribution is 2.41. The Morgan fingerprint density at radius 2 is 1.59 bits per heavy atom. The van der Waals surface area contributed by atoms with Gasteiger partial charge in [-0.25, -0.2) is 4.79 Å². The zero-order valence-electron chi connectivity index (χ0n) is 19.1. The van der Waals surface area contributed by atoms with Crippen LogP contribution in [0.15, 0.2) is 42.5 Å². The van der Waals surface area contributed by atoms with Crippen molar-refractivity contribution in [2.45, 2.75) is 51.0 Å². The van der Waals surface area contributed by atoms with E-state index in [1.165, 1.54) is 12.1 Å². The molecule has 0 aliphatic carbocycles. The molecule has 1 saturated heterocycles. The number of nitrogens with zero attached hydrogens (tertiary/aromatic N) is 1. The molecule has 0 saturated carbocycles. The lowest BCUT2D eigenvalue weighted by atomic mass is 9.85. The molecule has 0 N–H and O–H groups in total. The third-order valence-corrected chi connectivity index (χ3v) is 5.73. The van der Waals surface area contributed by atoms with Crippen molar-refractivity contribution in [1.82, 2.24) is 4.90 Å². The monoisotopic (exact) mass is 471 g/mol. The highest BCUT2D eigenvalue weighted by atomic mass is 19.4. The summed E-state index contributed by atoms with van der Waals surface area (Å²) in [6, 6.07) is 9.62. The molecule has 2 heterocycles. The third-order valence-electron chi connectivity index (χ3n) is 5.73. The maximum absolute atomic E-state index is 13.2. The van der Waals surface area contributed by atoms with E-state index in [2.05, 4.69) is 11.8 Å². The first-order valence-corrected chi connectivity index (χ1v) is 10.9. The van der Waals surface area contributed by atoms with Crippen molar-refractivity contribution in [2.75, 3.05) is 13.1 Å². The molecular weight excluding hydrogens is 447 g/mol.